The maximum absolute atomic E-state index is 13.2. The van der Waals surface area contributed by atoms with Crippen LogP contribution in [0.5, 0.6) is 5.75 Å². The van der Waals surface area contributed by atoms with Gasteiger partial charge in [-0.1, -0.05) is 35.9 Å². The Balaban J connectivity index is 1.77. The molecule has 8 nitrogen and oxygen atoms in total. The van der Waals surface area contributed by atoms with Crippen LogP contribution in [0.1, 0.15) is 15.9 Å². The van der Waals surface area contributed by atoms with Crippen molar-refractivity contribution in [3.8, 4) is 5.75 Å². The number of benzene rings is 3. The van der Waals surface area contributed by atoms with Gasteiger partial charge in [-0.3, -0.25) is 9.10 Å². The summed E-state index contributed by atoms with van der Waals surface area (Å²) in [7, 11) is -1.51. The number of carbonyl (C=O) groups is 2. The van der Waals surface area contributed by atoms with E-state index in [1.54, 1.807) is 18.2 Å². The summed E-state index contributed by atoms with van der Waals surface area (Å²) in [6, 6.07) is 14.0. The van der Waals surface area contributed by atoms with Gasteiger partial charge in [-0.15, -0.1) is 0 Å². The van der Waals surface area contributed by atoms with Gasteiger partial charge in [0.15, 0.2) is 6.61 Å². The number of methoxy groups -OCH3 is 1. The maximum Gasteiger partial charge on any atom is 0.418 e. The van der Waals surface area contributed by atoms with Gasteiger partial charge in [-0.25, -0.2) is 13.2 Å². The number of rotatable bonds is 8. The van der Waals surface area contributed by atoms with E-state index >= 15 is 0 Å². The third-order valence-corrected chi connectivity index (χ3v) is 7.18. The second kappa shape index (κ2) is 11.1. The number of hydrogen-bond acceptors (Lipinski definition) is 6. The molecule has 0 aromatic heterocycles. The van der Waals surface area contributed by atoms with Gasteiger partial charge in [0.25, 0.3) is 15.9 Å². The van der Waals surface area contributed by atoms with Crippen LogP contribution in [0.3, 0.4) is 0 Å². The number of ether oxygens (including phenoxy) is 2. The highest BCUT2D eigenvalue weighted by molar-refractivity contribution is 7.92. The molecule has 3 rings (SSSR count). The van der Waals surface area contributed by atoms with E-state index in [1.807, 2.05) is 5.32 Å². The molecular formula is C24H20ClF3N2O6S. The van der Waals surface area contributed by atoms with Gasteiger partial charge >= 0.3 is 12.1 Å². The normalized spacial score (nSPS) is 11.5. The zero-order valence-corrected chi connectivity index (χ0v) is 20.9. The summed E-state index contributed by atoms with van der Waals surface area (Å²) in [5, 5.41) is 1.87. The molecule has 0 unspecified atom stereocenters. The van der Waals surface area contributed by atoms with Crippen LogP contribution < -0.4 is 14.4 Å². The Bertz CT molecular complexity index is 1430. The summed E-state index contributed by atoms with van der Waals surface area (Å²) in [5.74, 6) is -1.90. The summed E-state index contributed by atoms with van der Waals surface area (Å²) in [6.07, 6.45) is -4.71. The number of halogens is 4. The van der Waals surface area contributed by atoms with Crippen LogP contribution >= 0.6 is 11.6 Å². The van der Waals surface area contributed by atoms with E-state index in [4.69, 9.17) is 21.1 Å². The molecule has 0 aliphatic rings. The van der Waals surface area contributed by atoms with Crippen molar-refractivity contribution in [2.24, 2.45) is 0 Å². The van der Waals surface area contributed by atoms with Crippen molar-refractivity contribution in [1.82, 2.24) is 0 Å². The van der Waals surface area contributed by atoms with Gasteiger partial charge in [0.05, 0.1) is 39.5 Å². The Morgan fingerprint density at radius 1 is 1.03 bits per heavy atom. The molecule has 0 spiro atoms. The van der Waals surface area contributed by atoms with Gasteiger partial charge in [0, 0.05) is 7.05 Å². The molecule has 0 aliphatic heterocycles. The molecule has 0 bridgehead atoms. The summed E-state index contributed by atoms with van der Waals surface area (Å²) >= 11 is 6.05. The monoisotopic (exact) mass is 556 g/mol. The summed E-state index contributed by atoms with van der Waals surface area (Å²) in [6.45, 7) is -0.945. The van der Waals surface area contributed by atoms with E-state index in [0.717, 1.165) is 28.6 Å². The lowest BCUT2D eigenvalue weighted by Crippen LogP contribution is -2.27. The fraction of sp³-hybridized carbons (Fsp3) is 0.167. The van der Waals surface area contributed by atoms with Crippen molar-refractivity contribution in [2.75, 3.05) is 30.4 Å². The average Bonchev–Trinajstić information content (AvgIpc) is 2.86. The van der Waals surface area contributed by atoms with Crippen LogP contribution in [0.15, 0.2) is 71.6 Å². The smallest absolute Gasteiger partial charge is 0.418 e. The minimum Gasteiger partial charge on any atom is -0.495 e. The second-order valence-electron chi connectivity index (χ2n) is 7.45. The molecular weight excluding hydrogens is 537 g/mol. The Morgan fingerprint density at radius 2 is 1.68 bits per heavy atom. The number of nitrogens with zero attached hydrogens (tertiary/aromatic N) is 1. The highest BCUT2D eigenvalue weighted by Gasteiger charge is 2.33. The lowest BCUT2D eigenvalue weighted by molar-refractivity contribution is -0.137. The number of esters is 1. The standard InChI is InChI=1S/C24H20ClF3N2O6S/c1-30(20-9-5-6-10-21(20)35-2)37(33,34)15-11-12-18(25)16(13-15)23(32)36-14-22(31)29-19-8-4-3-7-17(19)24(26,27)28/h3-13H,14H2,1-2H3,(H,29,31). The third-order valence-electron chi connectivity index (χ3n) is 5.08. The van der Waals surface area contributed by atoms with Crippen LogP contribution in [-0.2, 0) is 25.7 Å². The first-order chi connectivity index (χ1) is 17.4. The fourth-order valence-electron chi connectivity index (χ4n) is 3.23. The molecule has 0 saturated heterocycles. The van der Waals surface area contributed by atoms with Crippen LogP contribution in [0, 0.1) is 0 Å². The number of alkyl halides is 3. The quantitative estimate of drug-likeness (QED) is 0.392. The Kier molecular flexibility index (Phi) is 8.34. The molecule has 1 amide bonds. The zero-order valence-electron chi connectivity index (χ0n) is 19.4. The van der Waals surface area contributed by atoms with Crippen molar-refractivity contribution in [3.05, 3.63) is 82.9 Å². The summed E-state index contributed by atoms with van der Waals surface area (Å²) in [5.41, 5.74) is -1.71. The topological polar surface area (TPSA) is 102 Å². The number of nitrogens with one attached hydrogen (secondary N) is 1. The Hall–Kier alpha value is -3.77. The van der Waals surface area contributed by atoms with Crippen LogP contribution in [-0.4, -0.2) is 41.1 Å². The molecule has 3 aromatic carbocycles. The average molecular weight is 557 g/mol. The molecule has 3 aromatic rings. The van der Waals surface area contributed by atoms with Gasteiger partial charge in [0.2, 0.25) is 0 Å². The second-order valence-corrected chi connectivity index (χ2v) is 9.83. The van der Waals surface area contributed by atoms with E-state index in [-0.39, 0.29) is 21.2 Å². The van der Waals surface area contributed by atoms with Crippen LogP contribution in [0.2, 0.25) is 5.02 Å². The van der Waals surface area contributed by atoms with E-state index < -0.39 is 45.9 Å². The molecule has 196 valence electrons. The van der Waals surface area contributed by atoms with Crippen molar-refractivity contribution < 1.29 is 40.7 Å². The predicted octanol–water partition coefficient (Wildman–Crippen LogP) is 4.99. The van der Waals surface area contributed by atoms with Crippen molar-refractivity contribution >= 4 is 44.9 Å². The Labute approximate surface area is 215 Å². The van der Waals surface area contributed by atoms with E-state index in [1.165, 1.54) is 38.4 Å². The molecule has 13 heteroatoms. The van der Waals surface area contributed by atoms with E-state index in [0.29, 0.717) is 5.75 Å². The predicted molar refractivity (Wildman–Crippen MR) is 130 cm³/mol. The highest BCUT2D eigenvalue weighted by Crippen LogP contribution is 2.35. The highest BCUT2D eigenvalue weighted by atomic mass is 35.5. The molecule has 0 radical (unpaired) electrons. The van der Waals surface area contributed by atoms with Crippen molar-refractivity contribution in [2.45, 2.75) is 11.1 Å². The minimum atomic E-state index is -4.71. The van der Waals surface area contributed by atoms with Crippen LogP contribution in [0.25, 0.3) is 0 Å². The molecule has 0 aliphatic carbocycles. The third kappa shape index (κ3) is 6.33. The summed E-state index contributed by atoms with van der Waals surface area (Å²) in [4.78, 5) is 24.4. The molecule has 37 heavy (non-hydrogen) atoms. The van der Waals surface area contributed by atoms with Crippen molar-refractivity contribution in [1.29, 1.82) is 0 Å². The van der Waals surface area contributed by atoms with Gasteiger partial charge < -0.3 is 14.8 Å². The van der Waals surface area contributed by atoms with Crippen LogP contribution in [0.4, 0.5) is 24.5 Å². The molecule has 1 N–H and O–H groups in total. The van der Waals surface area contributed by atoms with Crippen molar-refractivity contribution in [3.63, 3.8) is 0 Å². The first-order valence-electron chi connectivity index (χ1n) is 10.4. The SMILES string of the molecule is COc1ccccc1N(C)S(=O)(=O)c1ccc(Cl)c(C(=O)OCC(=O)Nc2ccccc2C(F)(F)F)c1. The van der Waals surface area contributed by atoms with Gasteiger partial charge in [-0.05, 0) is 42.5 Å². The molecule has 0 atom stereocenters. The lowest BCUT2D eigenvalue weighted by atomic mass is 10.1. The molecule has 0 saturated carbocycles. The van der Waals surface area contributed by atoms with E-state index in [9.17, 15) is 31.2 Å². The largest absolute Gasteiger partial charge is 0.495 e. The number of hydrogen-bond donors (Lipinski definition) is 1. The lowest BCUT2D eigenvalue weighted by Gasteiger charge is -2.22. The fourth-order valence-corrected chi connectivity index (χ4v) is 4.66. The number of carbonyl (C=O) groups excluding carboxylic acids is 2. The number of sulfonamides is 1. The van der Waals surface area contributed by atoms with Gasteiger partial charge in [-0.2, -0.15) is 13.2 Å². The number of anilines is 2. The number of amides is 1. The van der Waals surface area contributed by atoms with E-state index in [2.05, 4.69) is 0 Å². The first-order valence-corrected chi connectivity index (χ1v) is 12.2. The zero-order chi connectivity index (χ0) is 27.4. The van der Waals surface area contributed by atoms with Gasteiger partial charge in [0.1, 0.15) is 5.75 Å². The first kappa shape index (κ1) is 27.8. The molecule has 0 heterocycles. The number of para-hydroxylation sites is 3. The maximum atomic E-state index is 13.2. The summed E-state index contributed by atoms with van der Waals surface area (Å²) < 4.78 is 76.7. The molecule has 0 fully saturated rings. The Morgan fingerprint density at radius 3 is 2.35 bits per heavy atom. The minimum absolute atomic E-state index is 0.160.